The predicted octanol–water partition coefficient (Wildman–Crippen LogP) is 1.40. The molecule has 0 aliphatic heterocycles. The molecule has 1 amide bonds. The minimum absolute atomic E-state index is 0.0936. The molecule has 0 aliphatic rings. The number of amides is 1. The molecule has 2 rings (SSSR count). The molecule has 1 aromatic carbocycles. The molecule has 1 heterocycles. The van der Waals surface area contributed by atoms with Gasteiger partial charge < -0.3 is 15.8 Å². The number of hydrogen-bond donors (Lipinski definition) is 3. The number of aromatic amines is 1. The number of fused-ring (bicyclic) bond motifs is 1. The van der Waals surface area contributed by atoms with Crippen molar-refractivity contribution in [3.63, 3.8) is 0 Å². The highest BCUT2D eigenvalue weighted by atomic mass is 19.4. The van der Waals surface area contributed by atoms with Crippen molar-refractivity contribution in [2.75, 3.05) is 0 Å². The largest absolute Gasteiger partial charge is 0.430 e. The molecular formula is C11H9F3N2O2. The highest BCUT2D eigenvalue weighted by Gasteiger charge is 2.60. The van der Waals surface area contributed by atoms with Crippen LogP contribution in [0.15, 0.2) is 30.5 Å². The summed E-state index contributed by atoms with van der Waals surface area (Å²) >= 11 is 0. The van der Waals surface area contributed by atoms with Crippen LogP contribution in [0.2, 0.25) is 0 Å². The zero-order valence-electron chi connectivity index (χ0n) is 8.95. The van der Waals surface area contributed by atoms with Crippen LogP contribution in [0.5, 0.6) is 0 Å². The van der Waals surface area contributed by atoms with Gasteiger partial charge in [-0.25, -0.2) is 0 Å². The number of nitrogens with one attached hydrogen (secondary N) is 1. The second kappa shape index (κ2) is 3.74. The number of H-pyrrole nitrogens is 1. The van der Waals surface area contributed by atoms with Crippen molar-refractivity contribution in [2.24, 2.45) is 5.73 Å². The number of halogens is 3. The van der Waals surface area contributed by atoms with Crippen molar-refractivity contribution in [3.05, 3.63) is 36.0 Å². The van der Waals surface area contributed by atoms with E-state index in [9.17, 15) is 23.1 Å². The number of para-hydroxylation sites is 1. The Morgan fingerprint density at radius 2 is 1.89 bits per heavy atom. The first-order valence-electron chi connectivity index (χ1n) is 4.94. The third-order valence-corrected chi connectivity index (χ3v) is 2.75. The molecule has 0 radical (unpaired) electrons. The van der Waals surface area contributed by atoms with Gasteiger partial charge in [0.2, 0.25) is 0 Å². The fraction of sp³-hybridized carbons (Fsp3) is 0.182. The minimum Gasteiger partial charge on any atom is -0.368 e. The number of aliphatic hydroxyl groups is 1. The Balaban J connectivity index is 2.75. The Hall–Kier alpha value is -2.02. The van der Waals surface area contributed by atoms with Gasteiger partial charge in [-0.1, -0.05) is 18.2 Å². The Morgan fingerprint density at radius 3 is 2.44 bits per heavy atom. The van der Waals surface area contributed by atoms with Gasteiger partial charge in [-0.05, 0) is 6.07 Å². The zero-order valence-corrected chi connectivity index (χ0v) is 8.95. The fourth-order valence-electron chi connectivity index (χ4n) is 1.80. The topological polar surface area (TPSA) is 79.1 Å². The maximum Gasteiger partial charge on any atom is 0.430 e. The summed E-state index contributed by atoms with van der Waals surface area (Å²) in [5.74, 6) is -1.86. The second-order valence-electron chi connectivity index (χ2n) is 3.82. The van der Waals surface area contributed by atoms with Gasteiger partial charge >= 0.3 is 6.18 Å². The molecular weight excluding hydrogens is 249 g/mol. The molecule has 0 fully saturated rings. The number of rotatable bonds is 2. The lowest BCUT2D eigenvalue weighted by atomic mass is 9.92. The normalized spacial score (nSPS) is 15.6. The summed E-state index contributed by atoms with van der Waals surface area (Å²) in [5.41, 5.74) is 0.787. The van der Waals surface area contributed by atoms with Crippen LogP contribution in [0.1, 0.15) is 5.56 Å². The number of nitrogens with two attached hydrogens (primary N) is 1. The number of carbonyl (C=O) groups is 1. The SMILES string of the molecule is NC(=O)C(O)(c1c[nH]c2ccccc12)C(F)(F)F. The highest BCUT2D eigenvalue weighted by Crippen LogP contribution is 2.41. The fourth-order valence-corrected chi connectivity index (χ4v) is 1.80. The van der Waals surface area contributed by atoms with E-state index in [0.29, 0.717) is 5.52 Å². The van der Waals surface area contributed by atoms with Gasteiger partial charge in [-0.3, -0.25) is 4.79 Å². The molecule has 0 spiro atoms. The lowest BCUT2D eigenvalue weighted by Gasteiger charge is -2.26. The van der Waals surface area contributed by atoms with Crippen molar-refractivity contribution >= 4 is 16.8 Å². The van der Waals surface area contributed by atoms with Gasteiger partial charge in [0.15, 0.2) is 0 Å². The Labute approximate surface area is 99.2 Å². The first kappa shape index (κ1) is 12.4. The summed E-state index contributed by atoms with van der Waals surface area (Å²) in [6, 6.07) is 5.99. The monoisotopic (exact) mass is 258 g/mol. The third-order valence-electron chi connectivity index (χ3n) is 2.75. The summed E-state index contributed by atoms with van der Waals surface area (Å²) in [5, 5.41) is 9.76. The van der Waals surface area contributed by atoms with Gasteiger partial charge in [0, 0.05) is 22.7 Å². The van der Waals surface area contributed by atoms with E-state index in [1.54, 1.807) is 6.07 Å². The number of alkyl halides is 3. The van der Waals surface area contributed by atoms with Crippen molar-refractivity contribution in [1.82, 2.24) is 4.98 Å². The van der Waals surface area contributed by atoms with Crippen molar-refractivity contribution in [3.8, 4) is 0 Å². The molecule has 96 valence electrons. The van der Waals surface area contributed by atoms with E-state index in [0.717, 1.165) is 6.20 Å². The predicted molar refractivity (Wildman–Crippen MR) is 57.4 cm³/mol. The average Bonchev–Trinajstić information content (AvgIpc) is 2.70. The van der Waals surface area contributed by atoms with Crippen LogP contribution in [0.3, 0.4) is 0 Å². The molecule has 4 N–H and O–H groups in total. The highest BCUT2D eigenvalue weighted by molar-refractivity contribution is 5.93. The van der Waals surface area contributed by atoms with Crippen LogP contribution in [-0.4, -0.2) is 22.2 Å². The van der Waals surface area contributed by atoms with Crippen LogP contribution in [0.25, 0.3) is 10.9 Å². The lowest BCUT2D eigenvalue weighted by Crippen LogP contribution is -2.52. The molecule has 7 heteroatoms. The first-order chi connectivity index (χ1) is 8.28. The summed E-state index contributed by atoms with van der Waals surface area (Å²) < 4.78 is 38.6. The maximum atomic E-state index is 12.9. The summed E-state index contributed by atoms with van der Waals surface area (Å²) in [6.45, 7) is 0. The van der Waals surface area contributed by atoms with Crippen LogP contribution >= 0.6 is 0 Å². The zero-order chi connectivity index (χ0) is 13.6. The number of benzene rings is 1. The number of primary amides is 1. The molecule has 4 nitrogen and oxygen atoms in total. The molecule has 0 saturated carbocycles. The summed E-state index contributed by atoms with van der Waals surface area (Å²) in [6.07, 6.45) is -4.26. The molecule has 1 unspecified atom stereocenters. The van der Waals surface area contributed by atoms with Gasteiger partial charge in [-0.2, -0.15) is 13.2 Å². The molecule has 0 bridgehead atoms. The maximum absolute atomic E-state index is 12.9. The van der Waals surface area contributed by atoms with Crippen LogP contribution in [0.4, 0.5) is 13.2 Å². The van der Waals surface area contributed by atoms with E-state index in [1.807, 2.05) is 0 Å². The molecule has 1 atom stereocenters. The van der Waals surface area contributed by atoms with E-state index < -0.39 is 23.2 Å². The van der Waals surface area contributed by atoms with E-state index in [-0.39, 0.29) is 5.39 Å². The van der Waals surface area contributed by atoms with Gasteiger partial charge in [0.1, 0.15) is 0 Å². The molecule has 18 heavy (non-hydrogen) atoms. The Morgan fingerprint density at radius 1 is 1.28 bits per heavy atom. The Bertz CT molecular complexity index is 606. The van der Waals surface area contributed by atoms with Gasteiger partial charge in [0.25, 0.3) is 11.5 Å². The van der Waals surface area contributed by atoms with Crippen LogP contribution in [-0.2, 0) is 10.4 Å². The minimum atomic E-state index is -5.19. The number of hydrogen-bond acceptors (Lipinski definition) is 2. The smallest absolute Gasteiger partial charge is 0.368 e. The van der Waals surface area contributed by atoms with E-state index >= 15 is 0 Å². The van der Waals surface area contributed by atoms with E-state index in [2.05, 4.69) is 4.98 Å². The first-order valence-corrected chi connectivity index (χ1v) is 4.94. The Kier molecular flexibility index (Phi) is 2.58. The van der Waals surface area contributed by atoms with Crippen LogP contribution < -0.4 is 5.73 Å². The molecule has 0 saturated heterocycles. The average molecular weight is 258 g/mol. The van der Waals surface area contributed by atoms with Gasteiger partial charge in [-0.15, -0.1) is 0 Å². The molecule has 2 aromatic rings. The van der Waals surface area contributed by atoms with Crippen molar-refractivity contribution in [1.29, 1.82) is 0 Å². The number of carbonyl (C=O) groups excluding carboxylic acids is 1. The molecule has 1 aromatic heterocycles. The van der Waals surface area contributed by atoms with E-state index in [1.165, 1.54) is 18.2 Å². The van der Waals surface area contributed by atoms with Crippen LogP contribution in [0, 0.1) is 0 Å². The van der Waals surface area contributed by atoms with Gasteiger partial charge in [0.05, 0.1) is 0 Å². The second-order valence-corrected chi connectivity index (χ2v) is 3.82. The summed E-state index contributed by atoms with van der Waals surface area (Å²) in [7, 11) is 0. The lowest BCUT2D eigenvalue weighted by molar-refractivity contribution is -0.255. The quantitative estimate of drug-likeness (QED) is 0.761. The summed E-state index contributed by atoms with van der Waals surface area (Å²) in [4.78, 5) is 13.6. The van der Waals surface area contributed by atoms with E-state index in [4.69, 9.17) is 5.73 Å². The third kappa shape index (κ3) is 1.55. The van der Waals surface area contributed by atoms with Crippen molar-refractivity contribution < 1.29 is 23.1 Å². The molecule has 0 aliphatic carbocycles. The standard InChI is InChI=1S/C11H9F3N2O2/c12-11(13,14)10(18,9(15)17)7-5-16-8-4-2-1-3-6(7)8/h1-5,16,18H,(H2,15,17). The number of aromatic nitrogens is 1. The van der Waals surface area contributed by atoms with Crippen molar-refractivity contribution in [2.45, 2.75) is 11.8 Å².